The van der Waals surface area contributed by atoms with Gasteiger partial charge >= 0.3 is 6.09 Å². The van der Waals surface area contributed by atoms with Crippen molar-refractivity contribution in [1.29, 1.82) is 0 Å². The van der Waals surface area contributed by atoms with Gasteiger partial charge in [-0.05, 0) is 31.9 Å². The number of ether oxygens (including phenoxy) is 1. The summed E-state index contributed by atoms with van der Waals surface area (Å²) in [6.07, 6.45) is -0.718. The first kappa shape index (κ1) is 20.2. The second-order valence-corrected chi connectivity index (χ2v) is 7.16. The third-order valence-electron chi connectivity index (χ3n) is 3.88. The summed E-state index contributed by atoms with van der Waals surface area (Å²) in [5.74, 6) is 0. The lowest BCUT2D eigenvalue weighted by atomic mass is 9.90. The van der Waals surface area contributed by atoms with Gasteiger partial charge < -0.3 is 10.1 Å². The van der Waals surface area contributed by atoms with Gasteiger partial charge in [-0.2, -0.15) is 0 Å². The number of hydrogen-bond donors (Lipinski definition) is 1. The van der Waals surface area contributed by atoms with E-state index in [-0.39, 0.29) is 0 Å². The molecule has 2 atom stereocenters. The highest BCUT2D eigenvalue weighted by molar-refractivity contribution is 5.72. The van der Waals surface area contributed by atoms with Crippen molar-refractivity contribution in [3.8, 4) is 0 Å². The predicted molar refractivity (Wildman–Crippen MR) is 105 cm³/mol. The maximum Gasteiger partial charge on any atom is 0.408 e. The molecule has 2 aromatic rings. The van der Waals surface area contributed by atoms with Gasteiger partial charge in [0.2, 0.25) is 0 Å². The molecular weight excluding hydrogens is 344 g/mol. The quantitative estimate of drug-likeness (QED) is 0.596. The Balaban J connectivity index is 2.41. The monoisotopic (exact) mass is 368 g/mol. The van der Waals surface area contributed by atoms with E-state index in [1.165, 1.54) is 0 Å². The molecule has 0 spiro atoms. The van der Waals surface area contributed by atoms with E-state index in [1.54, 1.807) is 75.4 Å². The SMILES string of the molecule is C=C(c1ccccc1)[C@@H]([C@@H](NC(=O)OC(C)(C)C)c1ccccc1)[N+](=O)[O-]. The lowest BCUT2D eigenvalue weighted by molar-refractivity contribution is -0.510. The van der Waals surface area contributed by atoms with Crippen LogP contribution in [0.3, 0.4) is 0 Å². The maximum atomic E-state index is 12.3. The van der Waals surface area contributed by atoms with E-state index in [4.69, 9.17) is 4.74 Å². The minimum atomic E-state index is -1.25. The first-order valence-electron chi connectivity index (χ1n) is 8.61. The third kappa shape index (κ3) is 5.67. The number of carbonyl (C=O) groups excluding carboxylic acids is 1. The van der Waals surface area contributed by atoms with Gasteiger partial charge in [0.05, 0.1) is 0 Å². The van der Waals surface area contributed by atoms with Crippen molar-refractivity contribution in [2.45, 2.75) is 38.5 Å². The van der Waals surface area contributed by atoms with Gasteiger partial charge in [0.15, 0.2) is 0 Å². The molecule has 142 valence electrons. The zero-order valence-corrected chi connectivity index (χ0v) is 15.7. The van der Waals surface area contributed by atoms with E-state index in [0.717, 1.165) is 0 Å². The minimum Gasteiger partial charge on any atom is -0.444 e. The molecule has 0 bridgehead atoms. The lowest BCUT2D eigenvalue weighted by Crippen LogP contribution is -2.42. The van der Waals surface area contributed by atoms with Crippen molar-refractivity contribution in [3.05, 3.63) is 88.5 Å². The first-order valence-corrected chi connectivity index (χ1v) is 8.61. The number of hydrogen-bond acceptors (Lipinski definition) is 4. The molecule has 2 rings (SSSR count). The number of nitro groups is 1. The van der Waals surface area contributed by atoms with Crippen LogP contribution in [0.4, 0.5) is 4.79 Å². The van der Waals surface area contributed by atoms with Crippen LogP contribution in [0.25, 0.3) is 5.57 Å². The van der Waals surface area contributed by atoms with Crippen LogP contribution < -0.4 is 5.32 Å². The molecule has 1 N–H and O–H groups in total. The molecule has 0 aliphatic rings. The molecule has 2 aromatic carbocycles. The second-order valence-electron chi connectivity index (χ2n) is 7.16. The van der Waals surface area contributed by atoms with Crippen LogP contribution >= 0.6 is 0 Å². The number of nitrogens with zero attached hydrogens (tertiary/aromatic N) is 1. The van der Waals surface area contributed by atoms with E-state index >= 15 is 0 Å². The fraction of sp³-hybridized carbons (Fsp3) is 0.286. The fourth-order valence-electron chi connectivity index (χ4n) is 2.71. The zero-order valence-electron chi connectivity index (χ0n) is 15.7. The van der Waals surface area contributed by atoms with Gasteiger partial charge in [0.1, 0.15) is 11.6 Å². The topological polar surface area (TPSA) is 81.5 Å². The van der Waals surface area contributed by atoms with Crippen molar-refractivity contribution < 1.29 is 14.5 Å². The van der Waals surface area contributed by atoms with Gasteiger partial charge in [0.25, 0.3) is 6.04 Å². The molecule has 0 heterocycles. The van der Waals surface area contributed by atoms with Gasteiger partial charge in [-0.3, -0.25) is 10.1 Å². The molecule has 0 aliphatic heterocycles. The first-order chi connectivity index (χ1) is 12.7. The van der Waals surface area contributed by atoms with Gasteiger partial charge in [-0.15, -0.1) is 0 Å². The van der Waals surface area contributed by atoms with Crippen LogP contribution in [-0.4, -0.2) is 22.7 Å². The number of rotatable bonds is 6. The normalized spacial score (nSPS) is 13.3. The summed E-state index contributed by atoms with van der Waals surface area (Å²) < 4.78 is 5.30. The van der Waals surface area contributed by atoms with E-state index in [9.17, 15) is 14.9 Å². The Kier molecular flexibility index (Phi) is 6.34. The zero-order chi connectivity index (χ0) is 20.0. The fourth-order valence-corrected chi connectivity index (χ4v) is 2.71. The van der Waals surface area contributed by atoms with Gasteiger partial charge in [-0.1, -0.05) is 67.2 Å². The summed E-state index contributed by atoms with van der Waals surface area (Å²) in [5.41, 5.74) is 0.838. The van der Waals surface area contributed by atoms with Crippen molar-refractivity contribution in [1.82, 2.24) is 5.32 Å². The van der Waals surface area contributed by atoms with Crippen molar-refractivity contribution in [2.24, 2.45) is 0 Å². The Labute approximate surface area is 159 Å². The Bertz CT molecular complexity index is 798. The van der Waals surface area contributed by atoms with E-state index < -0.39 is 28.7 Å². The van der Waals surface area contributed by atoms with Gasteiger partial charge in [-0.25, -0.2) is 4.79 Å². The van der Waals surface area contributed by atoms with Crippen LogP contribution in [0.15, 0.2) is 67.2 Å². The summed E-state index contributed by atoms with van der Waals surface area (Å²) in [7, 11) is 0. The summed E-state index contributed by atoms with van der Waals surface area (Å²) in [6, 6.07) is 15.5. The van der Waals surface area contributed by atoms with Crippen molar-refractivity contribution in [3.63, 3.8) is 0 Å². The standard InChI is InChI=1S/C21H24N2O4/c1-15(16-11-7-5-8-12-16)19(23(25)26)18(17-13-9-6-10-14-17)22-20(24)27-21(2,3)4/h5-14,18-19H,1H2,2-4H3,(H,22,24)/t18-,19-/m0/s1. The average Bonchev–Trinajstić information content (AvgIpc) is 2.60. The number of amides is 1. The molecule has 0 saturated carbocycles. The van der Waals surface area contributed by atoms with Crippen molar-refractivity contribution in [2.75, 3.05) is 0 Å². The highest BCUT2D eigenvalue weighted by Crippen LogP contribution is 2.29. The molecule has 0 aromatic heterocycles. The van der Waals surface area contributed by atoms with E-state index in [1.807, 2.05) is 6.07 Å². The number of nitrogens with one attached hydrogen (secondary N) is 1. The van der Waals surface area contributed by atoms with E-state index in [0.29, 0.717) is 16.7 Å². The maximum absolute atomic E-state index is 12.3. The van der Waals surface area contributed by atoms with Gasteiger partial charge in [0, 0.05) is 10.5 Å². The molecule has 0 radical (unpaired) electrons. The third-order valence-corrected chi connectivity index (χ3v) is 3.88. The minimum absolute atomic E-state index is 0.311. The summed E-state index contributed by atoms with van der Waals surface area (Å²) in [4.78, 5) is 23.9. The summed E-state index contributed by atoms with van der Waals surface area (Å²) in [6.45, 7) is 9.14. The molecule has 27 heavy (non-hydrogen) atoms. The molecule has 1 amide bonds. The molecule has 6 nitrogen and oxygen atoms in total. The van der Waals surface area contributed by atoms with Crippen LogP contribution in [0.5, 0.6) is 0 Å². The molecule has 0 saturated heterocycles. The van der Waals surface area contributed by atoms with Crippen LogP contribution in [0.2, 0.25) is 0 Å². The highest BCUT2D eigenvalue weighted by Gasteiger charge is 2.38. The van der Waals surface area contributed by atoms with Crippen LogP contribution in [-0.2, 0) is 4.74 Å². The van der Waals surface area contributed by atoms with Crippen LogP contribution in [0, 0.1) is 10.1 Å². The molecule has 0 aliphatic carbocycles. The number of carbonyl (C=O) groups is 1. The Morgan fingerprint density at radius 2 is 1.59 bits per heavy atom. The molecule has 6 heteroatoms. The molecule has 0 unspecified atom stereocenters. The Morgan fingerprint density at radius 1 is 1.07 bits per heavy atom. The van der Waals surface area contributed by atoms with Crippen LogP contribution in [0.1, 0.15) is 37.9 Å². The Morgan fingerprint density at radius 3 is 2.07 bits per heavy atom. The summed E-state index contributed by atoms with van der Waals surface area (Å²) >= 11 is 0. The highest BCUT2D eigenvalue weighted by atomic mass is 16.6. The van der Waals surface area contributed by atoms with Crippen molar-refractivity contribution >= 4 is 11.7 Å². The number of alkyl carbamates (subject to hydrolysis) is 1. The summed E-state index contributed by atoms with van der Waals surface area (Å²) in [5, 5.41) is 14.6. The lowest BCUT2D eigenvalue weighted by Gasteiger charge is -2.26. The second kappa shape index (κ2) is 8.49. The Hall–Kier alpha value is -3.15. The largest absolute Gasteiger partial charge is 0.444 e. The average molecular weight is 368 g/mol. The number of benzene rings is 2. The smallest absolute Gasteiger partial charge is 0.408 e. The predicted octanol–water partition coefficient (Wildman–Crippen LogP) is 4.61. The molecular formula is C21H24N2O4. The van der Waals surface area contributed by atoms with E-state index in [2.05, 4.69) is 11.9 Å². The molecule has 0 fully saturated rings.